The Morgan fingerprint density at radius 3 is 2.67 bits per heavy atom. The summed E-state index contributed by atoms with van der Waals surface area (Å²) in [7, 11) is 0. The van der Waals surface area contributed by atoms with Gasteiger partial charge in [-0.2, -0.15) is 0 Å². The number of hydrogen-bond donors (Lipinski definition) is 0. The van der Waals surface area contributed by atoms with E-state index in [2.05, 4.69) is 19.6 Å². The normalized spacial score (nSPS) is 18.9. The Morgan fingerprint density at radius 1 is 1.33 bits per heavy atom. The third kappa shape index (κ3) is 5.06. The molecule has 1 aliphatic carbocycles. The van der Waals surface area contributed by atoms with Gasteiger partial charge in [0.25, 0.3) is 0 Å². The van der Waals surface area contributed by atoms with Crippen molar-refractivity contribution in [3.05, 3.63) is 24.5 Å². The van der Waals surface area contributed by atoms with Crippen LogP contribution in [0, 0.1) is 0 Å². The number of allylic oxidation sites excluding steroid dienone is 3. The van der Waals surface area contributed by atoms with Gasteiger partial charge < -0.3 is 4.74 Å². The summed E-state index contributed by atoms with van der Waals surface area (Å²) in [4.78, 5) is 0. The van der Waals surface area contributed by atoms with E-state index < -0.39 is 0 Å². The van der Waals surface area contributed by atoms with Crippen molar-refractivity contribution in [1.29, 1.82) is 0 Å². The van der Waals surface area contributed by atoms with Gasteiger partial charge in [0.05, 0.1) is 11.9 Å². The molecule has 1 fully saturated rings. The molecule has 0 aliphatic heterocycles. The van der Waals surface area contributed by atoms with Crippen LogP contribution in [0.4, 0.5) is 0 Å². The maximum atomic E-state index is 6.01. The second-order valence-electron chi connectivity index (χ2n) is 4.31. The number of ether oxygens (including phenoxy) is 1. The average molecular weight is 208 g/mol. The van der Waals surface area contributed by atoms with Gasteiger partial charge in [-0.3, -0.25) is 0 Å². The van der Waals surface area contributed by atoms with Crippen LogP contribution in [0.5, 0.6) is 0 Å². The van der Waals surface area contributed by atoms with Crippen molar-refractivity contribution in [1.82, 2.24) is 0 Å². The van der Waals surface area contributed by atoms with Crippen molar-refractivity contribution in [2.45, 2.75) is 64.4 Å². The van der Waals surface area contributed by atoms with E-state index in [9.17, 15) is 0 Å². The molecular formula is C14H24O. The third-order valence-electron chi connectivity index (χ3n) is 3.02. The Kier molecular flexibility index (Phi) is 6.22. The molecule has 1 nitrogen and oxygen atoms in total. The van der Waals surface area contributed by atoms with Gasteiger partial charge in [-0.1, -0.05) is 12.5 Å². The van der Waals surface area contributed by atoms with Gasteiger partial charge in [0.2, 0.25) is 0 Å². The fourth-order valence-electron chi connectivity index (χ4n) is 2.09. The molecule has 1 aliphatic rings. The molecule has 0 radical (unpaired) electrons. The zero-order chi connectivity index (χ0) is 10.9. The van der Waals surface area contributed by atoms with Crippen LogP contribution in [-0.4, -0.2) is 6.10 Å². The smallest absolute Gasteiger partial charge is 0.0982 e. The fourth-order valence-corrected chi connectivity index (χ4v) is 2.09. The minimum atomic E-state index is 0.494. The molecule has 0 aromatic rings. The van der Waals surface area contributed by atoms with E-state index in [0.717, 1.165) is 19.3 Å². The number of hydrogen-bond acceptors (Lipinski definition) is 1. The summed E-state index contributed by atoms with van der Waals surface area (Å²) in [5.41, 5.74) is 0. The third-order valence-corrected chi connectivity index (χ3v) is 3.02. The monoisotopic (exact) mass is 208 g/mol. The molecule has 0 bridgehead atoms. The molecule has 86 valence electrons. The van der Waals surface area contributed by atoms with E-state index in [1.807, 2.05) is 6.08 Å². The lowest BCUT2D eigenvalue weighted by atomic mass is 9.97. The van der Waals surface area contributed by atoms with Gasteiger partial charge in [-0.05, 0) is 51.5 Å². The van der Waals surface area contributed by atoms with Crippen molar-refractivity contribution in [3.63, 3.8) is 0 Å². The van der Waals surface area contributed by atoms with Crippen molar-refractivity contribution in [2.75, 3.05) is 0 Å². The molecule has 0 aromatic carbocycles. The average Bonchev–Trinajstić information content (AvgIpc) is 2.29. The van der Waals surface area contributed by atoms with Gasteiger partial charge in [0.1, 0.15) is 0 Å². The molecule has 0 unspecified atom stereocenters. The van der Waals surface area contributed by atoms with Crippen molar-refractivity contribution in [3.8, 4) is 0 Å². The van der Waals surface area contributed by atoms with Gasteiger partial charge in [0, 0.05) is 6.42 Å². The second kappa shape index (κ2) is 7.56. The summed E-state index contributed by atoms with van der Waals surface area (Å²) < 4.78 is 6.01. The molecule has 0 saturated heterocycles. The van der Waals surface area contributed by atoms with Crippen LogP contribution < -0.4 is 0 Å². The standard InChI is InChI=1S/C14H24O/c1-3-5-7-10-13(4-2)15-14-11-8-6-9-12-14/h3-4,14H,1,5-12H2,2H3. The molecule has 1 saturated carbocycles. The molecule has 0 atom stereocenters. The highest BCUT2D eigenvalue weighted by Gasteiger charge is 2.15. The molecule has 1 heteroatoms. The quantitative estimate of drug-likeness (QED) is 0.352. The first-order chi connectivity index (χ1) is 7.36. The Labute approximate surface area is 94.2 Å². The maximum Gasteiger partial charge on any atom is 0.0982 e. The molecule has 0 amide bonds. The van der Waals surface area contributed by atoms with Crippen molar-refractivity contribution < 1.29 is 4.74 Å². The Hall–Kier alpha value is -0.720. The van der Waals surface area contributed by atoms with E-state index in [1.165, 1.54) is 37.9 Å². The largest absolute Gasteiger partial charge is 0.495 e. The fraction of sp³-hybridized carbons (Fsp3) is 0.714. The van der Waals surface area contributed by atoms with E-state index in [4.69, 9.17) is 4.74 Å². The SMILES string of the molecule is C=CCCCC(=CC)OC1CCCCC1. The Morgan fingerprint density at radius 2 is 2.07 bits per heavy atom. The number of rotatable bonds is 6. The van der Waals surface area contributed by atoms with Crippen LogP contribution in [-0.2, 0) is 4.74 Å². The summed E-state index contributed by atoms with van der Waals surface area (Å²) in [5, 5.41) is 0. The second-order valence-corrected chi connectivity index (χ2v) is 4.31. The molecule has 15 heavy (non-hydrogen) atoms. The lowest BCUT2D eigenvalue weighted by Gasteiger charge is -2.24. The van der Waals surface area contributed by atoms with Crippen LogP contribution >= 0.6 is 0 Å². The zero-order valence-corrected chi connectivity index (χ0v) is 10.0. The van der Waals surface area contributed by atoms with E-state index in [0.29, 0.717) is 6.10 Å². The van der Waals surface area contributed by atoms with Crippen LogP contribution in [0.1, 0.15) is 58.3 Å². The minimum absolute atomic E-state index is 0.494. The molecule has 0 spiro atoms. The lowest BCUT2D eigenvalue weighted by Crippen LogP contribution is -2.16. The van der Waals surface area contributed by atoms with Gasteiger partial charge in [-0.15, -0.1) is 6.58 Å². The van der Waals surface area contributed by atoms with E-state index >= 15 is 0 Å². The topological polar surface area (TPSA) is 9.23 Å². The van der Waals surface area contributed by atoms with E-state index in [1.54, 1.807) is 0 Å². The predicted molar refractivity (Wildman–Crippen MR) is 65.8 cm³/mol. The van der Waals surface area contributed by atoms with Crippen LogP contribution in [0.2, 0.25) is 0 Å². The summed E-state index contributed by atoms with van der Waals surface area (Å²) in [6, 6.07) is 0. The van der Waals surface area contributed by atoms with Crippen molar-refractivity contribution >= 4 is 0 Å². The number of unbranched alkanes of at least 4 members (excludes halogenated alkanes) is 1. The van der Waals surface area contributed by atoms with Crippen LogP contribution in [0.25, 0.3) is 0 Å². The van der Waals surface area contributed by atoms with Gasteiger partial charge in [-0.25, -0.2) is 0 Å². The first kappa shape index (κ1) is 12.4. The van der Waals surface area contributed by atoms with Gasteiger partial charge >= 0.3 is 0 Å². The first-order valence-corrected chi connectivity index (χ1v) is 6.29. The minimum Gasteiger partial charge on any atom is -0.495 e. The lowest BCUT2D eigenvalue weighted by molar-refractivity contribution is 0.0762. The van der Waals surface area contributed by atoms with Crippen LogP contribution in [0.3, 0.4) is 0 Å². The highest BCUT2D eigenvalue weighted by molar-refractivity contribution is 4.92. The summed E-state index contributed by atoms with van der Waals surface area (Å²) in [6.07, 6.45) is 14.5. The van der Waals surface area contributed by atoms with Crippen LogP contribution in [0.15, 0.2) is 24.5 Å². The molecule has 0 heterocycles. The summed E-state index contributed by atoms with van der Waals surface area (Å²) in [6.45, 7) is 5.81. The Balaban J connectivity index is 2.23. The summed E-state index contributed by atoms with van der Waals surface area (Å²) >= 11 is 0. The van der Waals surface area contributed by atoms with Crippen molar-refractivity contribution in [2.24, 2.45) is 0 Å². The molecule has 1 rings (SSSR count). The van der Waals surface area contributed by atoms with Gasteiger partial charge in [0.15, 0.2) is 0 Å². The summed E-state index contributed by atoms with van der Waals surface area (Å²) in [5.74, 6) is 1.18. The van der Waals surface area contributed by atoms with E-state index in [-0.39, 0.29) is 0 Å². The molecular weight excluding hydrogens is 184 g/mol. The maximum absolute atomic E-state index is 6.01. The highest BCUT2D eigenvalue weighted by atomic mass is 16.5. The highest BCUT2D eigenvalue weighted by Crippen LogP contribution is 2.24. The first-order valence-electron chi connectivity index (χ1n) is 6.29. The molecule has 0 aromatic heterocycles. The zero-order valence-electron chi connectivity index (χ0n) is 10.0. The predicted octanol–water partition coefficient (Wildman–Crippen LogP) is 4.60. The Bertz CT molecular complexity index is 199. The molecule has 0 N–H and O–H groups in total.